The van der Waals surface area contributed by atoms with Gasteiger partial charge >= 0.3 is 0 Å². The lowest BCUT2D eigenvalue weighted by molar-refractivity contribution is 0.477. The quantitative estimate of drug-likeness (QED) is 0.840. The van der Waals surface area contributed by atoms with Crippen LogP contribution in [0.25, 0.3) is 0 Å². The van der Waals surface area contributed by atoms with Crippen molar-refractivity contribution in [2.24, 2.45) is 0 Å². The Hall–Kier alpha value is -2.41. The van der Waals surface area contributed by atoms with Crippen LogP contribution in [0.5, 0.6) is 0 Å². The maximum Gasteiger partial charge on any atom is 0.261 e. The van der Waals surface area contributed by atoms with E-state index in [-0.39, 0.29) is 21.0 Å². The van der Waals surface area contributed by atoms with E-state index in [2.05, 4.69) is 4.72 Å². The molecule has 0 aromatic heterocycles. The third kappa shape index (κ3) is 3.72. The van der Waals surface area contributed by atoms with Crippen LogP contribution >= 0.6 is 0 Å². The van der Waals surface area contributed by atoms with E-state index in [9.17, 15) is 16.8 Å². The smallest absolute Gasteiger partial charge is 0.261 e. The predicted octanol–water partition coefficient (Wildman–Crippen LogP) is 2.14. The van der Waals surface area contributed by atoms with Crippen molar-refractivity contribution in [3.63, 3.8) is 0 Å². The molecule has 9 heteroatoms. The molecule has 1 heterocycles. The van der Waals surface area contributed by atoms with Crippen molar-refractivity contribution in [3.05, 3.63) is 54.1 Å². The highest BCUT2D eigenvalue weighted by Gasteiger charge is 2.27. The lowest BCUT2D eigenvalue weighted by atomic mass is 10.2. The predicted molar refractivity (Wildman–Crippen MR) is 96.4 cm³/mol. The number of nitrogens with zero attached hydrogens (tertiary/aromatic N) is 2. The van der Waals surface area contributed by atoms with Gasteiger partial charge in [-0.1, -0.05) is 6.07 Å². The average Bonchev–Trinajstić information content (AvgIpc) is 3.17. The van der Waals surface area contributed by atoms with Gasteiger partial charge in [-0.3, -0.25) is 4.72 Å². The monoisotopic (exact) mass is 391 g/mol. The van der Waals surface area contributed by atoms with Crippen molar-refractivity contribution in [1.82, 2.24) is 4.31 Å². The molecular formula is C17H17N3O4S2. The number of sulfonamides is 2. The molecule has 1 aliphatic heterocycles. The second-order valence-corrected chi connectivity index (χ2v) is 9.50. The molecule has 2 aromatic carbocycles. The molecule has 1 saturated heterocycles. The zero-order valence-electron chi connectivity index (χ0n) is 13.8. The van der Waals surface area contributed by atoms with E-state index in [4.69, 9.17) is 5.26 Å². The average molecular weight is 391 g/mol. The molecule has 1 aliphatic rings. The van der Waals surface area contributed by atoms with Crippen LogP contribution in [0, 0.1) is 11.3 Å². The van der Waals surface area contributed by atoms with E-state index in [1.54, 1.807) is 0 Å². The Morgan fingerprint density at radius 2 is 1.58 bits per heavy atom. The molecule has 1 N–H and O–H groups in total. The van der Waals surface area contributed by atoms with Crippen molar-refractivity contribution in [2.45, 2.75) is 22.6 Å². The molecule has 0 unspecified atom stereocenters. The highest BCUT2D eigenvalue weighted by Crippen LogP contribution is 2.23. The van der Waals surface area contributed by atoms with Crippen LogP contribution in [0.1, 0.15) is 18.4 Å². The summed E-state index contributed by atoms with van der Waals surface area (Å²) in [6.45, 7) is 1.01. The number of nitrogens with one attached hydrogen (secondary N) is 1. The molecule has 0 bridgehead atoms. The molecule has 2 aromatic rings. The summed E-state index contributed by atoms with van der Waals surface area (Å²) in [7, 11) is -7.41. The van der Waals surface area contributed by atoms with Crippen LogP contribution < -0.4 is 4.72 Å². The summed E-state index contributed by atoms with van der Waals surface area (Å²) >= 11 is 0. The Bertz CT molecular complexity index is 1050. The molecule has 0 atom stereocenters. The maximum absolute atomic E-state index is 12.5. The zero-order valence-corrected chi connectivity index (χ0v) is 15.4. The van der Waals surface area contributed by atoms with E-state index >= 15 is 0 Å². The number of nitriles is 1. The number of rotatable bonds is 5. The first kappa shape index (κ1) is 18.4. The molecule has 0 spiro atoms. The van der Waals surface area contributed by atoms with Gasteiger partial charge in [-0.2, -0.15) is 9.57 Å². The third-order valence-electron chi connectivity index (χ3n) is 4.08. The molecule has 0 aliphatic carbocycles. The topological polar surface area (TPSA) is 107 Å². The maximum atomic E-state index is 12.5. The third-order valence-corrected chi connectivity index (χ3v) is 7.37. The Labute approximate surface area is 153 Å². The van der Waals surface area contributed by atoms with Gasteiger partial charge in [0.05, 0.1) is 21.4 Å². The van der Waals surface area contributed by atoms with E-state index in [1.165, 1.54) is 52.8 Å². The summed E-state index contributed by atoms with van der Waals surface area (Å²) in [6, 6.07) is 13.1. The summed E-state index contributed by atoms with van der Waals surface area (Å²) in [6.07, 6.45) is 1.69. The largest absolute Gasteiger partial charge is 0.280 e. The summed E-state index contributed by atoms with van der Waals surface area (Å²) in [5, 5.41) is 8.89. The molecule has 1 fully saturated rings. The molecule has 26 heavy (non-hydrogen) atoms. The van der Waals surface area contributed by atoms with Crippen molar-refractivity contribution >= 4 is 25.7 Å². The minimum absolute atomic E-state index is 0.0367. The first-order valence-electron chi connectivity index (χ1n) is 7.96. The highest BCUT2D eigenvalue weighted by atomic mass is 32.2. The molecule has 0 radical (unpaired) electrons. The Balaban J connectivity index is 1.82. The van der Waals surface area contributed by atoms with E-state index in [0.29, 0.717) is 13.1 Å². The molecule has 7 nitrogen and oxygen atoms in total. The fraction of sp³-hybridized carbons (Fsp3) is 0.235. The first-order chi connectivity index (χ1) is 12.3. The number of anilines is 1. The van der Waals surface area contributed by atoms with Crippen LogP contribution in [0.4, 0.5) is 5.69 Å². The minimum Gasteiger partial charge on any atom is -0.280 e. The number of benzene rings is 2. The SMILES string of the molecule is N#Cc1cccc(S(=O)(=O)Nc2ccc(S(=O)(=O)N3CCCC3)cc2)c1. The van der Waals surface area contributed by atoms with Gasteiger partial charge in [-0.05, 0) is 55.3 Å². The zero-order chi connectivity index (χ0) is 18.8. The van der Waals surface area contributed by atoms with Crippen molar-refractivity contribution < 1.29 is 16.8 Å². The van der Waals surface area contributed by atoms with Gasteiger partial charge in [-0.25, -0.2) is 16.8 Å². The van der Waals surface area contributed by atoms with Crippen LogP contribution in [-0.2, 0) is 20.0 Å². The molecule has 0 saturated carbocycles. The Morgan fingerprint density at radius 3 is 2.19 bits per heavy atom. The standard InChI is InChI=1S/C17H17N3O4S2/c18-13-14-4-3-5-17(12-14)25(21,22)19-15-6-8-16(9-7-15)26(23,24)20-10-1-2-11-20/h3-9,12,19H,1-2,10-11H2. The first-order valence-corrected chi connectivity index (χ1v) is 10.9. The fourth-order valence-corrected chi connectivity index (χ4v) is 5.34. The van der Waals surface area contributed by atoms with Gasteiger partial charge in [0.15, 0.2) is 0 Å². The van der Waals surface area contributed by atoms with Gasteiger partial charge in [0.2, 0.25) is 10.0 Å². The summed E-state index contributed by atoms with van der Waals surface area (Å²) in [5.41, 5.74) is 0.479. The van der Waals surface area contributed by atoms with Gasteiger partial charge in [-0.15, -0.1) is 0 Å². The van der Waals surface area contributed by atoms with Crippen LogP contribution in [0.15, 0.2) is 58.3 Å². The van der Waals surface area contributed by atoms with Gasteiger partial charge in [0.25, 0.3) is 10.0 Å². The normalized spacial score (nSPS) is 15.5. The lowest BCUT2D eigenvalue weighted by Gasteiger charge is -2.16. The van der Waals surface area contributed by atoms with Crippen molar-refractivity contribution in [1.29, 1.82) is 5.26 Å². The second-order valence-electron chi connectivity index (χ2n) is 5.88. The molecule has 0 amide bonds. The van der Waals surface area contributed by atoms with E-state index in [0.717, 1.165) is 12.8 Å². The minimum atomic E-state index is -3.87. The molecular weight excluding hydrogens is 374 g/mol. The fourth-order valence-electron chi connectivity index (χ4n) is 2.72. The lowest BCUT2D eigenvalue weighted by Crippen LogP contribution is -2.27. The Morgan fingerprint density at radius 1 is 0.923 bits per heavy atom. The van der Waals surface area contributed by atoms with Crippen LogP contribution in [-0.4, -0.2) is 34.2 Å². The summed E-state index contributed by atoms with van der Waals surface area (Å²) < 4.78 is 53.6. The number of hydrogen-bond acceptors (Lipinski definition) is 5. The van der Waals surface area contributed by atoms with E-state index < -0.39 is 20.0 Å². The molecule has 3 rings (SSSR count). The van der Waals surface area contributed by atoms with Gasteiger partial charge in [0.1, 0.15) is 0 Å². The van der Waals surface area contributed by atoms with Crippen LogP contribution in [0.2, 0.25) is 0 Å². The van der Waals surface area contributed by atoms with Crippen molar-refractivity contribution in [3.8, 4) is 6.07 Å². The van der Waals surface area contributed by atoms with Crippen LogP contribution in [0.3, 0.4) is 0 Å². The summed E-state index contributed by atoms with van der Waals surface area (Å²) in [4.78, 5) is 0.0964. The highest BCUT2D eigenvalue weighted by molar-refractivity contribution is 7.92. The second kappa shape index (κ2) is 7.07. The van der Waals surface area contributed by atoms with E-state index in [1.807, 2.05) is 6.07 Å². The number of hydrogen-bond donors (Lipinski definition) is 1. The van der Waals surface area contributed by atoms with Crippen molar-refractivity contribution in [2.75, 3.05) is 17.8 Å². The van der Waals surface area contributed by atoms with Gasteiger partial charge in [0, 0.05) is 18.8 Å². The Kier molecular flexibility index (Phi) is 5.00. The molecule has 136 valence electrons. The van der Waals surface area contributed by atoms with Gasteiger partial charge < -0.3 is 0 Å². The summed E-state index contributed by atoms with van der Waals surface area (Å²) in [5.74, 6) is 0.